The predicted octanol–water partition coefficient (Wildman–Crippen LogP) is 2.17. The Kier molecular flexibility index (Phi) is 6.41. The normalized spacial score (nSPS) is 27.2. The Labute approximate surface area is 184 Å². The second kappa shape index (κ2) is 9.09. The molecule has 0 bridgehead atoms. The number of hydrogen-bond donors (Lipinski definition) is 2. The molecule has 3 fully saturated rings. The van der Waals surface area contributed by atoms with E-state index in [0.29, 0.717) is 44.6 Å². The van der Waals surface area contributed by atoms with E-state index in [0.717, 1.165) is 6.29 Å². The molecule has 3 saturated heterocycles. The van der Waals surface area contributed by atoms with Crippen molar-refractivity contribution >= 4 is 29.5 Å². The molecule has 3 heterocycles. The highest BCUT2D eigenvalue weighted by atomic mass is 19.3. The van der Waals surface area contributed by atoms with E-state index in [4.69, 9.17) is 0 Å². The summed E-state index contributed by atoms with van der Waals surface area (Å²) in [5, 5.41) is 5.12. The van der Waals surface area contributed by atoms with Crippen molar-refractivity contribution in [3.63, 3.8) is 0 Å². The summed E-state index contributed by atoms with van der Waals surface area (Å²) in [5.74, 6) is -4.52. The molecule has 3 aliphatic rings. The number of carbonyl (C=O) groups is 3. The van der Waals surface area contributed by atoms with Crippen LogP contribution < -0.4 is 15.5 Å². The van der Waals surface area contributed by atoms with Crippen LogP contribution >= 0.6 is 0 Å². The van der Waals surface area contributed by atoms with E-state index >= 15 is 8.78 Å². The van der Waals surface area contributed by atoms with Gasteiger partial charge >= 0.3 is 0 Å². The average Bonchev–Trinajstić information content (AvgIpc) is 2.75. The maximum absolute atomic E-state index is 15.0. The quantitative estimate of drug-likeness (QED) is 0.527. The monoisotopic (exact) mass is 452 g/mol. The minimum atomic E-state index is -3.01. The second-order valence-electron chi connectivity index (χ2n) is 8.81. The number of aldehydes is 1. The van der Waals surface area contributed by atoms with Crippen molar-refractivity contribution in [2.24, 2.45) is 5.92 Å². The van der Waals surface area contributed by atoms with Gasteiger partial charge in [-0.3, -0.25) is 19.8 Å². The Morgan fingerprint density at radius 1 is 1.09 bits per heavy atom. The number of imide groups is 1. The molecule has 2 amide bonds. The van der Waals surface area contributed by atoms with Crippen LogP contribution in [0.15, 0.2) is 18.2 Å². The van der Waals surface area contributed by atoms with Crippen molar-refractivity contribution in [1.82, 2.24) is 10.2 Å². The number of alkyl halides is 2. The topological polar surface area (TPSA) is 81.8 Å². The molecule has 7 nitrogen and oxygen atoms in total. The van der Waals surface area contributed by atoms with Crippen LogP contribution in [0.3, 0.4) is 0 Å². The van der Waals surface area contributed by atoms with Gasteiger partial charge in [-0.2, -0.15) is 0 Å². The van der Waals surface area contributed by atoms with E-state index in [1.54, 1.807) is 11.0 Å². The lowest BCUT2D eigenvalue weighted by Gasteiger charge is -2.46. The molecule has 2 unspecified atom stereocenters. The summed E-state index contributed by atoms with van der Waals surface area (Å²) in [5.41, 5.74) is 0.442. The fourth-order valence-electron chi connectivity index (χ4n) is 4.84. The first-order valence-corrected chi connectivity index (χ1v) is 11.0. The van der Waals surface area contributed by atoms with Gasteiger partial charge in [0.05, 0.1) is 18.3 Å². The molecule has 0 saturated carbocycles. The lowest BCUT2D eigenvalue weighted by molar-refractivity contribution is -0.133. The summed E-state index contributed by atoms with van der Waals surface area (Å²) in [7, 11) is 0. The minimum Gasteiger partial charge on any atom is -0.374 e. The van der Waals surface area contributed by atoms with E-state index in [2.05, 4.69) is 10.6 Å². The fourth-order valence-corrected chi connectivity index (χ4v) is 4.84. The van der Waals surface area contributed by atoms with Gasteiger partial charge in [-0.25, -0.2) is 13.2 Å². The molecular weight excluding hydrogens is 425 g/mol. The van der Waals surface area contributed by atoms with Crippen LogP contribution in [0.5, 0.6) is 0 Å². The Morgan fingerprint density at radius 2 is 1.84 bits per heavy atom. The molecular formula is C22H27F3N4O3. The van der Waals surface area contributed by atoms with Crippen LogP contribution in [0, 0.1) is 11.7 Å². The van der Waals surface area contributed by atoms with Gasteiger partial charge in [-0.15, -0.1) is 0 Å². The SMILES string of the molecule is O=CC1CCN(C2CCN(c3ccc(NC4CCC(=O)NC4=O)cc3F)CC2(F)F)CC1. The third-order valence-corrected chi connectivity index (χ3v) is 6.64. The Balaban J connectivity index is 1.40. The number of likely N-dealkylation sites (tertiary alicyclic amines) is 1. The van der Waals surface area contributed by atoms with Crippen molar-refractivity contribution in [2.75, 3.05) is 36.4 Å². The van der Waals surface area contributed by atoms with Crippen LogP contribution in [0.4, 0.5) is 24.5 Å². The smallest absolute Gasteiger partial charge is 0.280 e. The average molecular weight is 452 g/mol. The van der Waals surface area contributed by atoms with Crippen LogP contribution in [-0.4, -0.2) is 67.2 Å². The summed E-state index contributed by atoms with van der Waals surface area (Å²) >= 11 is 0. The van der Waals surface area contributed by atoms with E-state index in [-0.39, 0.29) is 30.4 Å². The van der Waals surface area contributed by atoms with Crippen molar-refractivity contribution in [2.45, 2.75) is 50.1 Å². The first-order chi connectivity index (χ1) is 15.3. The molecule has 32 heavy (non-hydrogen) atoms. The highest BCUT2D eigenvalue weighted by Gasteiger charge is 2.48. The molecule has 0 aliphatic carbocycles. The van der Waals surface area contributed by atoms with E-state index < -0.39 is 36.3 Å². The lowest BCUT2D eigenvalue weighted by Crippen LogP contribution is -2.59. The van der Waals surface area contributed by atoms with Crippen LogP contribution in [-0.2, 0) is 14.4 Å². The maximum atomic E-state index is 15.0. The summed E-state index contributed by atoms with van der Waals surface area (Å²) in [4.78, 5) is 37.2. The number of carbonyl (C=O) groups excluding carboxylic acids is 3. The maximum Gasteiger partial charge on any atom is 0.280 e. The third-order valence-electron chi connectivity index (χ3n) is 6.64. The summed E-state index contributed by atoms with van der Waals surface area (Å²) in [6.07, 6.45) is 2.79. The number of piperidine rings is 3. The minimum absolute atomic E-state index is 0.0543. The van der Waals surface area contributed by atoms with E-state index in [9.17, 15) is 18.8 Å². The summed E-state index contributed by atoms with van der Waals surface area (Å²) in [6.45, 7) is 0.657. The summed E-state index contributed by atoms with van der Waals surface area (Å²) < 4.78 is 44.8. The Hall–Kier alpha value is -2.62. The zero-order valence-corrected chi connectivity index (χ0v) is 17.7. The van der Waals surface area contributed by atoms with Crippen molar-refractivity contribution in [3.8, 4) is 0 Å². The molecule has 0 aromatic heterocycles. The van der Waals surface area contributed by atoms with E-state index in [1.165, 1.54) is 17.0 Å². The van der Waals surface area contributed by atoms with Crippen LogP contribution in [0.2, 0.25) is 0 Å². The third kappa shape index (κ3) is 4.74. The summed E-state index contributed by atoms with van der Waals surface area (Å²) in [6, 6.07) is 2.61. The number of halogens is 3. The molecule has 4 rings (SSSR count). The number of hydrogen-bond acceptors (Lipinski definition) is 6. The Bertz CT molecular complexity index is 889. The van der Waals surface area contributed by atoms with Crippen molar-refractivity contribution in [1.29, 1.82) is 0 Å². The van der Waals surface area contributed by atoms with Gasteiger partial charge < -0.3 is 15.0 Å². The molecule has 0 radical (unpaired) electrons. The molecule has 1 aromatic rings. The van der Waals surface area contributed by atoms with Gasteiger partial charge in [-0.05, 0) is 57.0 Å². The first kappa shape index (κ1) is 22.6. The van der Waals surface area contributed by atoms with Crippen LogP contribution in [0.25, 0.3) is 0 Å². The molecule has 3 aliphatic heterocycles. The molecule has 1 aromatic carbocycles. The zero-order valence-electron chi connectivity index (χ0n) is 17.7. The fraction of sp³-hybridized carbons (Fsp3) is 0.591. The van der Waals surface area contributed by atoms with Gasteiger partial charge in [0.15, 0.2) is 0 Å². The predicted molar refractivity (Wildman–Crippen MR) is 112 cm³/mol. The number of benzene rings is 1. The highest BCUT2D eigenvalue weighted by Crippen LogP contribution is 2.36. The van der Waals surface area contributed by atoms with Gasteiger partial charge in [0.1, 0.15) is 18.1 Å². The second-order valence-corrected chi connectivity index (χ2v) is 8.81. The number of nitrogens with one attached hydrogen (secondary N) is 2. The lowest BCUT2D eigenvalue weighted by atomic mass is 9.92. The molecule has 2 atom stereocenters. The standard InChI is InChI=1S/C22H27F3N4O3/c23-16-11-15(26-17-2-4-20(31)27-21(17)32)1-3-18(16)29-10-7-19(22(24,25)13-29)28-8-5-14(12-30)6-9-28/h1,3,11-12,14,17,19,26H,2,4-10,13H2,(H,27,31,32). The highest BCUT2D eigenvalue weighted by molar-refractivity contribution is 6.01. The van der Waals surface area contributed by atoms with Gasteiger partial charge in [0.25, 0.3) is 5.92 Å². The largest absolute Gasteiger partial charge is 0.374 e. The Morgan fingerprint density at radius 3 is 2.47 bits per heavy atom. The van der Waals surface area contributed by atoms with Gasteiger partial charge in [0, 0.05) is 24.6 Å². The zero-order chi connectivity index (χ0) is 22.9. The first-order valence-electron chi connectivity index (χ1n) is 11.0. The molecule has 2 N–H and O–H groups in total. The van der Waals surface area contributed by atoms with Gasteiger partial charge in [0.2, 0.25) is 11.8 Å². The molecule has 174 valence electrons. The van der Waals surface area contributed by atoms with Crippen molar-refractivity contribution in [3.05, 3.63) is 24.0 Å². The molecule has 10 heteroatoms. The number of anilines is 2. The number of nitrogens with zero attached hydrogens (tertiary/aromatic N) is 2. The molecule has 0 spiro atoms. The van der Waals surface area contributed by atoms with E-state index in [1.807, 2.05) is 0 Å². The number of rotatable bonds is 5. The van der Waals surface area contributed by atoms with Gasteiger partial charge in [-0.1, -0.05) is 0 Å². The van der Waals surface area contributed by atoms with Crippen molar-refractivity contribution < 1.29 is 27.6 Å². The van der Waals surface area contributed by atoms with Crippen LogP contribution in [0.1, 0.15) is 32.1 Å². The number of amides is 2.